The van der Waals surface area contributed by atoms with Crippen molar-refractivity contribution < 1.29 is 37.7 Å². The van der Waals surface area contributed by atoms with Gasteiger partial charge >= 0.3 is 12.3 Å². The summed E-state index contributed by atoms with van der Waals surface area (Å²) in [7, 11) is 1.34. The average Bonchev–Trinajstić information content (AvgIpc) is 2.70. The molecule has 31 heavy (non-hydrogen) atoms. The second-order valence-electron chi connectivity index (χ2n) is 6.32. The Bertz CT molecular complexity index is 1240. The Morgan fingerprint density at radius 1 is 1.23 bits per heavy atom. The molecule has 0 radical (unpaired) electrons. The molecule has 0 unspecified atom stereocenters. The van der Waals surface area contributed by atoms with E-state index < -0.39 is 47.4 Å². The van der Waals surface area contributed by atoms with Crippen LogP contribution in [0.15, 0.2) is 41.3 Å². The zero-order valence-electron chi connectivity index (χ0n) is 15.7. The summed E-state index contributed by atoms with van der Waals surface area (Å²) in [5.74, 6) is -3.52. The third-order valence-electron chi connectivity index (χ3n) is 4.27. The summed E-state index contributed by atoms with van der Waals surface area (Å²) in [6.45, 7) is -0.757. The minimum absolute atomic E-state index is 0.0585. The highest BCUT2D eigenvalue weighted by Gasteiger charge is 2.31. The zero-order valence-corrected chi connectivity index (χ0v) is 15.7. The number of aryl methyl sites for hydroxylation is 1. The first kappa shape index (κ1) is 21.6. The summed E-state index contributed by atoms with van der Waals surface area (Å²) >= 11 is 0. The fourth-order valence-electron chi connectivity index (χ4n) is 2.85. The Hall–Kier alpha value is -4.09. The van der Waals surface area contributed by atoms with Crippen molar-refractivity contribution >= 4 is 22.8 Å². The van der Waals surface area contributed by atoms with Gasteiger partial charge in [0.1, 0.15) is 23.6 Å². The fourth-order valence-corrected chi connectivity index (χ4v) is 2.85. The molecule has 0 spiro atoms. The molecule has 0 aliphatic heterocycles. The van der Waals surface area contributed by atoms with Gasteiger partial charge in [0.15, 0.2) is 0 Å². The molecule has 12 heteroatoms. The first-order valence-electron chi connectivity index (χ1n) is 8.56. The second kappa shape index (κ2) is 7.97. The van der Waals surface area contributed by atoms with Crippen molar-refractivity contribution in [2.24, 2.45) is 7.05 Å². The van der Waals surface area contributed by atoms with E-state index in [0.717, 1.165) is 16.7 Å². The molecule has 3 N–H and O–H groups in total. The molecule has 3 rings (SSSR count). The van der Waals surface area contributed by atoms with Crippen molar-refractivity contribution in [3.8, 4) is 22.8 Å². The minimum atomic E-state index is -4.84. The van der Waals surface area contributed by atoms with Crippen LogP contribution in [0.3, 0.4) is 0 Å². The third-order valence-corrected chi connectivity index (χ3v) is 4.27. The number of carboxylic acids is 1. The van der Waals surface area contributed by atoms with Gasteiger partial charge in [0.05, 0.1) is 17.4 Å². The number of amides is 1. The molecule has 1 amide bonds. The molecule has 1 aromatic carbocycles. The summed E-state index contributed by atoms with van der Waals surface area (Å²) < 4.78 is 41.8. The van der Waals surface area contributed by atoms with Crippen LogP contribution >= 0.6 is 0 Å². The van der Waals surface area contributed by atoms with Gasteiger partial charge in [-0.05, 0) is 30.3 Å². The van der Waals surface area contributed by atoms with Crippen molar-refractivity contribution in [2.45, 2.75) is 6.36 Å². The van der Waals surface area contributed by atoms with Crippen LogP contribution in [0, 0.1) is 0 Å². The minimum Gasteiger partial charge on any atom is -0.506 e. The molecular weight excluding hydrogens is 423 g/mol. The number of halogens is 3. The maximum Gasteiger partial charge on any atom is 0.573 e. The molecule has 0 atom stereocenters. The standard InChI is InChI=1S/C19H14F3N3O6/c1-25-13-7-23-12(9-2-4-10(5-3-9)31-19(20,21)22)6-11(13)16(28)15(18(25)30)17(29)24-8-14(26)27/h2-7,28H,8H2,1H3,(H,24,29)(H,26,27). The van der Waals surface area contributed by atoms with E-state index in [-0.39, 0.29) is 16.6 Å². The van der Waals surface area contributed by atoms with Gasteiger partial charge in [0, 0.05) is 18.0 Å². The van der Waals surface area contributed by atoms with Gasteiger partial charge in [0.2, 0.25) is 0 Å². The smallest absolute Gasteiger partial charge is 0.506 e. The molecule has 0 fully saturated rings. The monoisotopic (exact) mass is 437 g/mol. The lowest BCUT2D eigenvalue weighted by atomic mass is 10.1. The quantitative estimate of drug-likeness (QED) is 0.557. The summed E-state index contributed by atoms with van der Waals surface area (Å²) in [6.07, 6.45) is -3.58. The lowest BCUT2D eigenvalue weighted by molar-refractivity contribution is -0.274. The number of aromatic hydroxyl groups is 1. The molecule has 0 aliphatic carbocycles. The number of nitrogens with one attached hydrogen (secondary N) is 1. The first-order chi connectivity index (χ1) is 14.5. The Morgan fingerprint density at radius 3 is 2.45 bits per heavy atom. The van der Waals surface area contributed by atoms with Crippen LogP contribution in [0.25, 0.3) is 22.2 Å². The molecular formula is C19H14F3N3O6. The molecule has 3 aromatic rings. The number of nitrogens with zero attached hydrogens (tertiary/aromatic N) is 2. The summed E-state index contributed by atoms with van der Waals surface area (Å²) in [6, 6.07) is 6.14. The van der Waals surface area contributed by atoms with Crippen LogP contribution in [-0.2, 0) is 11.8 Å². The Kier molecular flexibility index (Phi) is 5.56. The predicted octanol–water partition coefficient (Wildman–Crippen LogP) is 2.02. The van der Waals surface area contributed by atoms with Crippen molar-refractivity contribution in [1.82, 2.24) is 14.9 Å². The van der Waals surface area contributed by atoms with E-state index in [1.54, 1.807) is 0 Å². The topological polar surface area (TPSA) is 131 Å². The second-order valence-corrected chi connectivity index (χ2v) is 6.32. The van der Waals surface area contributed by atoms with E-state index in [4.69, 9.17) is 5.11 Å². The van der Waals surface area contributed by atoms with Gasteiger partial charge in [-0.3, -0.25) is 19.4 Å². The lowest BCUT2D eigenvalue weighted by Gasteiger charge is -2.13. The normalized spacial score (nSPS) is 11.4. The van der Waals surface area contributed by atoms with E-state index in [2.05, 4.69) is 9.72 Å². The number of carbonyl (C=O) groups is 2. The summed E-state index contributed by atoms with van der Waals surface area (Å²) in [4.78, 5) is 39.5. The summed E-state index contributed by atoms with van der Waals surface area (Å²) in [5, 5.41) is 21.3. The summed E-state index contributed by atoms with van der Waals surface area (Å²) in [5.41, 5.74) is -0.727. The van der Waals surface area contributed by atoms with Gasteiger partial charge < -0.3 is 24.8 Å². The molecule has 9 nitrogen and oxygen atoms in total. The number of pyridine rings is 2. The van der Waals surface area contributed by atoms with Crippen LogP contribution in [0.4, 0.5) is 13.2 Å². The van der Waals surface area contributed by atoms with Crippen LogP contribution < -0.4 is 15.6 Å². The number of fused-ring (bicyclic) bond motifs is 1. The van der Waals surface area contributed by atoms with Gasteiger partial charge in [-0.25, -0.2) is 0 Å². The average molecular weight is 437 g/mol. The Morgan fingerprint density at radius 2 is 1.87 bits per heavy atom. The maximum atomic E-state index is 12.5. The molecule has 2 heterocycles. The van der Waals surface area contributed by atoms with Crippen molar-refractivity contribution in [1.29, 1.82) is 0 Å². The van der Waals surface area contributed by atoms with Crippen LogP contribution in [0.2, 0.25) is 0 Å². The number of hydrogen-bond acceptors (Lipinski definition) is 6. The number of aromatic nitrogens is 2. The van der Waals surface area contributed by atoms with Gasteiger partial charge in [-0.2, -0.15) is 0 Å². The van der Waals surface area contributed by atoms with Gasteiger partial charge in [-0.1, -0.05) is 0 Å². The first-order valence-corrected chi connectivity index (χ1v) is 8.56. The SMILES string of the molecule is Cn1c(=O)c(C(=O)NCC(=O)O)c(O)c2cc(-c3ccc(OC(F)(F)F)cc3)ncc21. The van der Waals surface area contributed by atoms with Crippen LogP contribution in [0.1, 0.15) is 10.4 Å². The highest BCUT2D eigenvalue weighted by Crippen LogP contribution is 2.30. The fraction of sp³-hybridized carbons (Fsp3) is 0.158. The molecule has 2 aromatic heterocycles. The number of hydrogen-bond donors (Lipinski definition) is 3. The molecule has 0 bridgehead atoms. The number of benzene rings is 1. The number of aliphatic carboxylic acids is 1. The van der Waals surface area contributed by atoms with E-state index >= 15 is 0 Å². The van der Waals surface area contributed by atoms with Crippen molar-refractivity contribution in [3.05, 3.63) is 52.4 Å². The Balaban J connectivity index is 2.06. The predicted molar refractivity (Wildman–Crippen MR) is 101 cm³/mol. The van der Waals surface area contributed by atoms with Gasteiger partial charge in [0.25, 0.3) is 11.5 Å². The maximum absolute atomic E-state index is 12.5. The highest BCUT2D eigenvalue weighted by molar-refractivity contribution is 6.03. The van der Waals surface area contributed by atoms with Crippen LogP contribution in [-0.4, -0.2) is 44.5 Å². The largest absolute Gasteiger partial charge is 0.573 e. The number of rotatable bonds is 5. The van der Waals surface area contributed by atoms with Gasteiger partial charge in [-0.15, -0.1) is 13.2 Å². The number of ether oxygens (including phenoxy) is 1. The third kappa shape index (κ3) is 4.57. The van der Waals surface area contributed by atoms with Crippen LogP contribution in [0.5, 0.6) is 11.5 Å². The molecule has 0 aliphatic rings. The van der Waals surface area contributed by atoms with E-state index in [1.807, 2.05) is 5.32 Å². The zero-order chi connectivity index (χ0) is 22.9. The van der Waals surface area contributed by atoms with E-state index in [9.17, 15) is 32.7 Å². The molecule has 0 saturated heterocycles. The molecule has 162 valence electrons. The van der Waals surface area contributed by atoms with Crippen molar-refractivity contribution in [3.63, 3.8) is 0 Å². The highest BCUT2D eigenvalue weighted by atomic mass is 19.4. The van der Waals surface area contributed by atoms with E-state index in [0.29, 0.717) is 5.56 Å². The van der Waals surface area contributed by atoms with Crippen molar-refractivity contribution in [2.75, 3.05) is 6.54 Å². The number of alkyl halides is 3. The lowest BCUT2D eigenvalue weighted by Crippen LogP contribution is -2.35. The molecule has 0 saturated carbocycles. The number of carboxylic acid groups (broad SMARTS) is 1. The number of carbonyl (C=O) groups excluding carboxylic acids is 1. The Labute approximate surface area is 171 Å². The van der Waals surface area contributed by atoms with E-state index in [1.165, 1.54) is 31.4 Å².